The molecule has 0 spiro atoms. The third-order valence-corrected chi connectivity index (χ3v) is 10.6. The van der Waals surface area contributed by atoms with Gasteiger partial charge in [0.15, 0.2) is 0 Å². The van der Waals surface area contributed by atoms with Gasteiger partial charge in [-0.05, 0) is 58.4 Å². The molecule has 9 rings (SSSR count). The second-order valence-corrected chi connectivity index (χ2v) is 16.4. The average molecular weight is 912 g/mol. The Hall–Kier alpha value is -5.77. The first-order valence-corrected chi connectivity index (χ1v) is 18.8. The van der Waals surface area contributed by atoms with Crippen molar-refractivity contribution in [2.24, 2.45) is 0 Å². The molecule has 56 heavy (non-hydrogen) atoms. The summed E-state index contributed by atoms with van der Waals surface area (Å²) in [5.74, 6) is 0.723. The number of nitrogens with zero attached hydrogens (tertiary/aromatic N) is 3. The molecule has 6 heteroatoms. The maximum absolute atomic E-state index is 11.9. The summed E-state index contributed by atoms with van der Waals surface area (Å²) < 4.78 is 8.40. The van der Waals surface area contributed by atoms with Crippen molar-refractivity contribution in [3.05, 3.63) is 157 Å². The van der Waals surface area contributed by atoms with E-state index >= 15 is 0 Å². The van der Waals surface area contributed by atoms with Gasteiger partial charge in [-0.2, -0.15) is 0 Å². The molecule has 0 radical (unpaired) electrons. The molecule has 0 aliphatic carbocycles. The zero-order valence-corrected chi connectivity index (χ0v) is 34.6. The van der Waals surface area contributed by atoms with Gasteiger partial charge in [0.1, 0.15) is 22.7 Å². The number of hydrogen-bond donors (Lipinski definition) is 1. The second-order valence-electron chi connectivity index (χ2n) is 16.4. The number of hydrogen-bond acceptors (Lipinski definition) is 4. The van der Waals surface area contributed by atoms with Crippen LogP contribution in [0, 0.1) is 6.07 Å². The Balaban J connectivity index is 0.00000441. The molecule has 0 aliphatic rings. The normalized spacial score (nSPS) is 12.0. The first-order chi connectivity index (χ1) is 26.4. The van der Waals surface area contributed by atoms with Gasteiger partial charge in [-0.25, -0.2) is 4.98 Å². The summed E-state index contributed by atoms with van der Waals surface area (Å²) in [5.41, 5.74) is 12.8. The summed E-state index contributed by atoms with van der Waals surface area (Å²) in [6.07, 6.45) is 1.82. The number of rotatable bonds is 5. The van der Waals surface area contributed by atoms with Gasteiger partial charge < -0.3 is 9.52 Å². The molecule has 0 aliphatic heterocycles. The van der Waals surface area contributed by atoms with E-state index in [9.17, 15) is 5.11 Å². The van der Waals surface area contributed by atoms with E-state index in [1.54, 1.807) is 6.07 Å². The molecule has 0 saturated carbocycles. The van der Waals surface area contributed by atoms with Crippen LogP contribution in [-0.4, -0.2) is 19.6 Å². The van der Waals surface area contributed by atoms with Crippen molar-refractivity contribution < 1.29 is 30.6 Å². The molecule has 0 saturated heterocycles. The number of aromatic nitrogens is 3. The number of furan rings is 1. The predicted molar refractivity (Wildman–Crippen MR) is 226 cm³/mol. The van der Waals surface area contributed by atoms with Gasteiger partial charge >= 0.3 is 0 Å². The van der Waals surface area contributed by atoms with Crippen molar-refractivity contribution in [3.8, 4) is 56.3 Å². The fraction of sp³-hybridized carbons (Fsp3) is 0.160. The minimum absolute atomic E-state index is 0. The topological polar surface area (TPSA) is 64.1 Å². The number of pyridine rings is 1. The quantitative estimate of drug-likeness (QED) is 0.175. The van der Waals surface area contributed by atoms with Gasteiger partial charge in [0.05, 0.1) is 22.3 Å². The number of phenols is 1. The fourth-order valence-corrected chi connectivity index (χ4v) is 7.54. The van der Waals surface area contributed by atoms with Crippen LogP contribution in [0.1, 0.15) is 52.7 Å². The largest absolute Gasteiger partial charge is 0.507 e. The Labute approximate surface area is 342 Å². The SMILES string of the molecule is CC(C)(C)c1cc(-c2ccccn2)[c-]c(-c2cccc3c2nc(-c2cc4c(cc2O)oc2ccccc24)n3-c2ccc(C(C)(C)C)cc2-c2ccccc2)c1.[Pt]. The van der Waals surface area contributed by atoms with Crippen LogP contribution < -0.4 is 0 Å². The summed E-state index contributed by atoms with van der Waals surface area (Å²) in [6.45, 7) is 13.4. The third kappa shape index (κ3) is 6.54. The van der Waals surface area contributed by atoms with Gasteiger partial charge in [-0.1, -0.05) is 132 Å². The maximum atomic E-state index is 11.9. The van der Waals surface area contributed by atoms with E-state index in [4.69, 9.17) is 14.4 Å². The van der Waals surface area contributed by atoms with Crippen LogP contribution in [0.5, 0.6) is 5.75 Å². The fourth-order valence-electron chi connectivity index (χ4n) is 7.54. The predicted octanol–water partition coefficient (Wildman–Crippen LogP) is 13.1. The second kappa shape index (κ2) is 14.1. The number of aromatic hydroxyl groups is 1. The number of imidazole rings is 1. The van der Waals surface area contributed by atoms with Crippen LogP contribution >= 0.6 is 0 Å². The third-order valence-electron chi connectivity index (χ3n) is 10.6. The molecule has 9 aromatic rings. The van der Waals surface area contributed by atoms with Crippen LogP contribution in [0.15, 0.2) is 144 Å². The van der Waals surface area contributed by atoms with Crippen molar-refractivity contribution in [2.75, 3.05) is 0 Å². The van der Waals surface area contributed by atoms with Crippen LogP contribution in [0.25, 0.3) is 83.6 Å². The summed E-state index contributed by atoms with van der Waals surface area (Å²) >= 11 is 0. The van der Waals surface area contributed by atoms with E-state index in [0.717, 1.165) is 66.6 Å². The Bertz CT molecular complexity index is 2890. The number of phenolic OH excluding ortho intramolecular Hbond substituents is 1. The summed E-state index contributed by atoms with van der Waals surface area (Å²) in [4.78, 5) is 10.2. The monoisotopic (exact) mass is 911 g/mol. The Kier molecular flexibility index (Phi) is 9.33. The molecule has 0 atom stereocenters. The zero-order chi connectivity index (χ0) is 38.1. The summed E-state index contributed by atoms with van der Waals surface area (Å²) in [6, 6.07) is 49.4. The zero-order valence-electron chi connectivity index (χ0n) is 32.3. The Morgan fingerprint density at radius 3 is 2.09 bits per heavy atom. The van der Waals surface area contributed by atoms with Crippen molar-refractivity contribution in [3.63, 3.8) is 0 Å². The molecular formula is C50H42N3O2Pt-. The van der Waals surface area contributed by atoms with Crippen LogP contribution in [0.4, 0.5) is 0 Å². The van der Waals surface area contributed by atoms with Gasteiger partial charge in [0.25, 0.3) is 0 Å². The van der Waals surface area contributed by atoms with E-state index in [2.05, 4.69) is 131 Å². The van der Waals surface area contributed by atoms with Gasteiger partial charge in [-0.3, -0.25) is 9.55 Å². The van der Waals surface area contributed by atoms with Crippen LogP contribution in [-0.2, 0) is 31.9 Å². The molecular weight excluding hydrogens is 870 g/mol. The molecule has 5 nitrogen and oxygen atoms in total. The molecule has 3 aromatic heterocycles. The molecule has 280 valence electrons. The van der Waals surface area contributed by atoms with E-state index in [0.29, 0.717) is 17.0 Å². The van der Waals surface area contributed by atoms with E-state index in [1.165, 1.54) is 11.1 Å². The molecule has 0 amide bonds. The van der Waals surface area contributed by atoms with Crippen molar-refractivity contribution >= 4 is 33.0 Å². The summed E-state index contributed by atoms with van der Waals surface area (Å²) in [5, 5.41) is 13.8. The number of benzene rings is 6. The molecule has 3 heterocycles. The van der Waals surface area contributed by atoms with E-state index < -0.39 is 0 Å². The molecule has 0 fully saturated rings. The first-order valence-electron chi connectivity index (χ1n) is 18.8. The minimum atomic E-state index is -0.125. The molecule has 0 unspecified atom stereocenters. The molecule has 6 aromatic carbocycles. The minimum Gasteiger partial charge on any atom is -0.507 e. The summed E-state index contributed by atoms with van der Waals surface area (Å²) in [7, 11) is 0. The number of fused-ring (bicyclic) bond motifs is 4. The van der Waals surface area contributed by atoms with Crippen molar-refractivity contribution in [1.82, 2.24) is 14.5 Å². The smallest absolute Gasteiger partial charge is 0.148 e. The Morgan fingerprint density at radius 2 is 1.34 bits per heavy atom. The average Bonchev–Trinajstić information content (AvgIpc) is 3.75. The standard InChI is InChI=1S/C50H42N3O2.Pt/c1-49(2,3)34-22-23-42(38(28-34)31-15-8-7-9-16-31)53-43-20-14-18-36(32-25-33(41-19-12-13-24-51-41)27-35(26-32)50(4,5)6)47(43)52-48(53)40-29-39-37-17-10-11-21-45(37)55-46(39)30-44(40)54;/h7-24,26-30,54H,1-6H3;/q-1;. The van der Waals surface area contributed by atoms with Crippen LogP contribution in [0.2, 0.25) is 0 Å². The maximum Gasteiger partial charge on any atom is 0.148 e. The Morgan fingerprint density at radius 1 is 0.607 bits per heavy atom. The molecule has 1 N–H and O–H groups in total. The molecule has 0 bridgehead atoms. The van der Waals surface area contributed by atoms with Gasteiger partial charge in [0, 0.05) is 55.4 Å². The van der Waals surface area contributed by atoms with Crippen molar-refractivity contribution in [2.45, 2.75) is 52.4 Å². The first kappa shape index (κ1) is 37.2. The van der Waals surface area contributed by atoms with Gasteiger partial charge in [0.2, 0.25) is 0 Å². The number of para-hydroxylation sites is 2. The van der Waals surface area contributed by atoms with E-state index in [-0.39, 0.29) is 37.6 Å². The van der Waals surface area contributed by atoms with Gasteiger partial charge in [-0.15, -0.1) is 29.3 Å². The van der Waals surface area contributed by atoms with Crippen molar-refractivity contribution in [1.29, 1.82) is 0 Å². The van der Waals surface area contributed by atoms with Crippen LogP contribution in [0.3, 0.4) is 0 Å². The van der Waals surface area contributed by atoms with E-state index in [1.807, 2.05) is 54.7 Å².